The number of halogens is 3. The Morgan fingerprint density at radius 2 is 1.65 bits per heavy atom. The molecule has 1 heterocycles. The number of hydrogen-bond donors (Lipinski definition) is 1. The Hall–Kier alpha value is -0.960. The van der Waals surface area contributed by atoms with Crippen molar-refractivity contribution in [3.8, 4) is 5.75 Å². The molecule has 0 aliphatic heterocycles. The minimum absolute atomic E-state index is 0.0369. The van der Waals surface area contributed by atoms with Crippen LogP contribution in [0.1, 0.15) is 11.3 Å². The maximum Gasteiger partial charge on any atom is 0.156 e. The maximum atomic E-state index is 9.76. The zero-order valence-electron chi connectivity index (χ0n) is 8.62. The molecule has 0 unspecified atom stereocenters. The van der Waals surface area contributed by atoms with Gasteiger partial charge in [-0.05, 0) is 23.8 Å². The van der Waals surface area contributed by atoms with Crippen LogP contribution in [-0.4, -0.2) is 10.1 Å². The van der Waals surface area contributed by atoms with E-state index in [0.717, 1.165) is 5.56 Å². The van der Waals surface area contributed by atoms with Gasteiger partial charge in [0.15, 0.2) is 5.75 Å². The Kier molecular flexibility index (Phi) is 3.77. The quantitative estimate of drug-likeness (QED) is 0.892. The normalized spacial score (nSPS) is 10.5. The van der Waals surface area contributed by atoms with Gasteiger partial charge in [-0.15, -0.1) is 0 Å². The molecule has 0 amide bonds. The molecule has 0 fully saturated rings. The van der Waals surface area contributed by atoms with Gasteiger partial charge >= 0.3 is 0 Å². The molecule has 0 bridgehead atoms. The smallest absolute Gasteiger partial charge is 0.156 e. The van der Waals surface area contributed by atoms with Crippen LogP contribution >= 0.6 is 34.8 Å². The second-order valence-electron chi connectivity index (χ2n) is 3.47. The second-order valence-corrected chi connectivity index (χ2v) is 4.69. The lowest BCUT2D eigenvalue weighted by atomic mass is 10.1. The van der Waals surface area contributed by atoms with Crippen LogP contribution < -0.4 is 0 Å². The van der Waals surface area contributed by atoms with Crippen molar-refractivity contribution in [2.45, 2.75) is 6.42 Å². The highest BCUT2D eigenvalue weighted by Crippen LogP contribution is 2.31. The Morgan fingerprint density at radius 3 is 2.29 bits per heavy atom. The summed E-state index contributed by atoms with van der Waals surface area (Å²) in [7, 11) is 0. The first-order valence-electron chi connectivity index (χ1n) is 4.85. The van der Waals surface area contributed by atoms with Gasteiger partial charge in [0.2, 0.25) is 0 Å². The molecule has 0 aliphatic rings. The topological polar surface area (TPSA) is 33.1 Å². The summed E-state index contributed by atoms with van der Waals surface area (Å²) in [4.78, 5) is 4.06. The number of pyridine rings is 1. The zero-order chi connectivity index (χ0) is 12.4. The molecule has 1 N–H and O–H groups in total. The Bertz CT molecular complexity index is 537. The highest BCUT2D eigenvalue weighted by molar-refractivity contribution is 6.36. The van der Waals surface area contributed by atoms with E-state index >= 15 is 0 Å². The third-order valence-corrected chi connectivity index (χ3v) is 3.37. The monoisotopic (exact) mass is 287 g/mol. The van der Waals surface area contributed by atoms with Gasteiger partial charge in [-0.1, -0.05) is 40.9 Å². The number of nitrogens with zero attached hydrogens (tertiary/aromatic N) is 1. The van der Waals surface area contributed by atoms with Gasteiger partial charge in [-0.3, -0.25) is 4.98 Å². The lowest BCUT2D eigenvalue weighted by molar-refractivity contribution is 0.466. The molecule has 5 heteroatoms. The average Bonchev–Trinajstić information content (AvgIpc) is 2.29. The summed E-state index contributed by atoms with van der Waals surface area (Å²) in [5.41, 5.74) is 1.17. The summed E-state index contributed by atoms with van der Waals surface area (Å²) in [6.07, 6.45) is 1.87. The van der Waals surface area contributed by atoms with Gasteiger partial charge in [0.1, 0.15) is 0 Å². The van der Waals surface area contributed by atoms with Crippen LogP contribution in [0.2, 0.25) is 15.1 Å². The van der Waals surface area contributed by atoms with Crippen LogP contribution in [0.4, 0.5) is 0 Å². The molecule has 1 aromatic carbocycles. The summed E-state index contributed by atoms with van der Waals surface area (Å²) in [6.45, 7) is 0. The summed E-state index contributed by atoms with van der Waals surface area (Å²) in [5, 5.41) is 11.1. The van der Waals surface area contributed by atoms with Gasteiger partial charge in [0, 0.05) is 22.7 Å². The van der Waals surface area contributed by atoms with Gasteiger partial charge in [0.05, 0.1) is 10.7 Å². The first-order chi connectivity index (χ1) is 8.09. The predicted octanol–water partition coefficient (Wildman–Crippen LogP) is 4.34. The third kappa shape index (κ3) is 2.65. The Balaban J connectivity index is 2.42. The van der Waals surface area contributed by atoms with E-state index in [-0.39, 0.29) is 10.8 Å². The highest BCUT2D eigenvalue weighted by Gasteiger charge is 2.12. The molecule has 17 heavy (non-hydrogen) atoms. The molecular weight excluding hydrogens is 280 g/mol. The minimum atomic E-state index is -0.0369. The Morgan fingerprint density at radius 1 is 1.00 bits per heavy atom. The molecule has 0 spiro atoms. The molecule has 2 aromatic rings. The van der Waals surface area contributed by atoms with E-state index in [4.69, 9.17) is 34.8 Å². The van der Waals surface area contributed by atoms with Crippen molar-refractivity contribution >= 4 is 34.8 Å². The van der Waals surface area contributed by atoms with Gasteiger partial charge in [0.25, 0.3) is 0 Å². The standard InChI is InChI=1S/C12H8Cl3NO/c13-8-2-1-3-9(14)7(8)6-11-12(17)10(15)4-5-16-11/h1-5,17H,6H2. The molecule has 1 aromatic heterocycles. The van der Waals surface area contributed by atoms with Gasteiger partial charge in [-0.2, -0.15) is 0 Å². The second kappa shape index (κ2) is 5.13. The number of aromatic hydroxyl groups is 1. The van der Waals surface area contributed by atoms with Crippen molar-refractivity contribution in [1.29, 1.82) is 0 Å². The van der Waals surface area contributed by atoms with E-state index in [0.29, 0.717) is 22.2 Å². The molecule has 2 nitrogen and oxygen atoms in total. The van der Waals surface area contributed by atoms with Crippen LogP contribution in [0, 0.1) is 0 Å². The van der Waals surface area contributed by atoms with E-state index in [9.17, 15) is 5.11 Å². The van der Waals surface area contributed by atoms with E-state index < -0.39 is 0 Å². The lowest BCUT2D eigenvalue weighted by Crippen LogP contribution is -1.95. The molecular formula is C12H8Cl3NO. The number of hydrogen-bond acceptors (Lipinski definition) is 2. The maximum absolute atomic E-state index is 9.76. The summed E-state index contributed by atoms with van der Waals surface area (Å²) in [6, 6.07) is 6.77. The van der Waals surface area contributed by atoms with E-state index in [2.05, 4.69) is 4.98 Å². The Labute approximate surface area is 114 Å². The number of rotatable bonds is 2. The first kappa shape index (κ1) is 12.5. The van der Waals surface area contributed by atoms with Crippen molar-refractivity contribution < 1.29 is 5.11 Å². The fourth-order valence-corrected chi connectivity index (χ4v) is 2.17. The van der Waals surface area contributed by atoms with E-state index in [1.165, 1.54) is 12.3 Å². The minimum Gasteiger partial charge on any atom is -0.505 e. The first-order valence-corrected chi connectivity index (χ1v) is 5.98. The van der Waals surface area contributed by atoms with Crippen LogP contribution in [0.15, 0.2) is 30.5 Å². The SMILES string of the molecule is Oc1c(Cl)ccnc1Cc1c(Cl)cccc1Cl. The highest BCUT2D eigenvalue weighted by atomic mass is 35.5. The van der Waals surface area contributed by atoms with Crippen molar-refractivity contribution in [2.75, 3.05) is 0 Å². The molecule has 0 aliphatic carbocycles. The van der Waals surface area contributed by atoms with Gasteiger partial charge in [-0.25, -0.2) is 0 Å². The molecule has 0 saturated carbocycles. The van der Waals surface area contributed by atoms with Crippen LogP contribution in [-0.2, 0) is 6.42 Å². The van der Waals surface area contributed by atoms with Crippen LogP contribution in [0.3, 0.4) is 0 Å². The van der Waals surface area contributed by atoms with Crippen molar-refractivity contribution in [1.82, 2.24) is 4.98 Å². The number of benzene rings is 1. The fourth-order valence-electron chi connectivity index (χ4n) is 1.47. The van der Waals surface area contributed by atoms with E-state index in [1.807, 2.05) is 0 Å². The summed E-state index contributed by atoms with van der Waals surface area (Å²) < 4.78 is 0. The summed E-state index contributed by atoms with van der Waals surface area (Å²) >= 11 is 17.9. The van der Waals surface area contributed by atoms with E-state index in [1.54, 1.807) is 18.2 Å². The third-order valence-electron chi connectivity index (χ3n) is 2.36. The van der Waals surface area contributed by atoms with Crippen molar-refractivity contribution in [3.63, 3.8) is 0 Å². The predicted molar refractivity (Wildman–Crippen MR) is 70.2 cm³/mol. The van der Waals surface area contributed by atoms with Crippen molar-refractivity contribution in [2.24, 2.45) is 0 Å². The van der Waals surface area contributed by atoms with Gasteiger partial charge < -0.3 is 5.11 Å². The average molecular weight is 289 g/mol. The molecule has 0 atom stereocenters. The molecule has 0 radical (unpaired) electrons. The fraction of sp³-hybridized carbons (Fsp3) is 0.0833. The summed E-state index contributed by atoms with van der Waals surface area (Å²) in [5.74, 6) is -0.0369. The van der Waals surface area contributed by atoms with Crippen LogP contribution in [0.25, 0.3) is 0 Å². The number of aromatic nitrogens is 1. The molecule has 2 rings (SSSR count). The molecule has 88 valence electrons. The largest absolute Gasteiger partial charge is 0.505 e. The zero-order valence-corrected chi connectivity index (χ0v) is 10.9. The van der Waals surface area contributed by atoms with Crippen LogP contribution in [0.5, 0.6) is 5.75 Å². The van der Waals surface area contributed by atoms with Crippen molar-refractivity contribution in [3.05, 3.63) is 56.8 Å². The lowest BCUT2D eigenvalue weighted by Gasteiger charge is -2.08. The molecule has 0 saturated heterocycles.